The van der Waals surface area contributed by atoms with Crippen LogP contribution in [0.3, 0.4) is 0 Å². The monoisotopic (exact) mass is 278 g/mol. The van der Waals surface area contributed by atoms with Crippen molar-refractivity contribution in [3.63, 3.8) is 0 Å². The second kappa shape index (κ2) is 4.52. The summed E-state index contributed by atoms with van der Waals surface area (Å²) >= 11 is 3.60. The summed E-state index contributed by atoms with van der Waals surface area (Å²) in [4.78, 5) is 0. The zero-order chi connectivity index (χ0) is 11.0. The normalized spacial score (nSPS) is 27.6. The molecular weight excluding hydrogens is 260 g/mol. The first-order valence-electron chi connectivity index (χ1n) is 6.58. The van der Waals surface area contributed by atoms with Crippen molar-refractivity contribution >= 4 is 15.9 Å². The van der Waals surface area contributed by atoms with Gasteiger partial charge in [-0.25, -0.2) is 0 Å². The van der Waals surface area contributed by atoms with Crippen molar-refractivity contribution in [1.29, 1.82) is 0 Å². The lowest BCUT2D eigenvalue weighted by atomic mass is 9.69. The summed E-state index contributed by atoms with van der Waals surface area (Å²) in [5.41, 5.74) is 5.10. The van der Waals surface area contributed by atoms with Crippen molar-refractivity contribution in [3.05, 3.63) is 34.9 Å². The zero-order valence-corrected chi connectivity index (χ0v) is 11.3. The molecule has 3 rings (SSSR count). The summed E-state index contributed by atoms with van der Waals surface area (Å²) in [6.45, 7) is 0. The Morgan fingerprint density at radius 3 is 3.00 bits per heavy atom. The highest BCUT2D eigenvalue weighted by Gasteiger charge is 2.30. The van der Waals surface area contributed by atoms with Gasteiger partial charge < -0.3 is 0 Å². The molecule has 0 aliphatic heterocycles. The van der Waals surface area contributed by atoms with E-state index in [0.29, 0.717) is 0 Å². The zero-order valence-electron chi connectivity index (χ0n) is 9.71. The van der Waals surface area contributed by atoms with Crippen LogP contribution in [0.5, 0.6) is 0 Å². The molecule has 0 bridgehead atoms. The predicted molar refractivity (Wildman–Crippen MR) is 72.5 cm³/mol. The molecule has 86 valence electrons. The molecule has 0 N–H and O–H groups in total. The van der Waals surface area contributed by atoms with Crippen molar-refractivity contribution in [1.82, 2.24) is 0 Å². The molecule has 1 aromatic carbocycles. The molecule has 0 fully saturated rings. The number of rotatable bonds is 2. The largest absolute Gasteiger partial charge is 0.0928 e. The Morgan fingerprint density at radius 2 is 2.12 bits per heavy atom. The summed E-state index contributed by atoms with van der Waals surface area (Å²) in [6.07, 6.45) is 8.31. The molecule has 2 atom stereocenters. The van der Waals surface area contributed by atoms with E-state index in [1.165, 1.54) is 38.5 Å². The third kappa shape index (κ3) is 1.73. The fourth-order valence-corrected chi connectivity index (χ4v) is 4.22. The van der Waals surface area contributed by atoms with Gasteiger partial charge in [-0.3, -0.25) is 0 Å². The fraction of sp³-hybridized carbons (Fsp3) is 0.600. The summed E-state index contributed by atoms with van der Waals surface area (Å²) in [6, 6.07) is 7.04. The summed E-state index contributed by atoms with van der Waals surface area (Å²) < 4.78 is 0. The van der Waals surface area contributed by atoms with Gasteiger partial charge in [0.2, 0.25) is 0 Å². The summed E-state index contributed by atoms with van der Waals surface area (Å²) in [5.74, 6) is 1.72. The van der Waals surface area contributed by atoms with Crippen LogP contribution in [0.15, 0.2) is 18.2 Å². The van der Waals surface area contributed by atoms with Crippen LogP contribution in [-0.2, 0) is 6.42 Å². The van der Waals surface area contributed by atoms with Crippen LogP contribution in [0.25, 0.3) is 0 Å². The van der Waals surface area contributed by atoms with Crippen molar-refractivity contribution < 1.29 is 0 Å². The molecule has 0 heterocycles. The maximum absolute atomic E-state index is 3.60. The Morgan fingerprint density at radius 1 is 1.19 bits per heavy atom. The predicted octanol–water partition coefficient (Wildman–Crippen LogP) is 4.77. The van der Waals surface area contributed by atoms with Crippen molar-refractivity contribution in [2.45, 2.75) is 50.4 Å². The smallest absolute Gasteiger partial charge is 0.00371 e. The van der Waals surface area contributed by atoms with E-state index in [1.54, 1.807) is 16.7 Å². The quantitative estimate of drug-likeness (QED) is 0.684. The van der Waals surface area contributed by atoms with Gasteiger partial charge >= 0.3 is 0 Å². The van der Waals surface area contributed by atoms with Gasteiger partial charge in [0.15, 0.2) is 0 Å². The third-order valence-corrected chi connectivity index (χ3v) is 4.86. The Hall–Kier alpha value is -0.300. The van der Waals surface area contributed by atoms with E-state index in [4.69, 9.17) is 0 Å². The lowest BCUT2D eigenvalue weighted by Crippen LogP contribution is -2.20. The number of aryl methyl sites for hydroxylation is 1. The Balaban J connectivity index is 2.04. The molecule has 0 saturated heterocycles. The van der Waals surface area contributed by atoms with Crippen LogP contribution in [0.2, 0.25) is 0 Å². The Kier molecular flexibility index (Phi) is 3.06. The minimum absolute atomic E-state index is 0.823. The van der Waals surface area contributed by atoms with Gasteiger partial charge in [-0.2, -0.15) is 0 Å². The summed E-state index contributed by atoms with van der Waals surface area (Å²) in [7, 11) is 0. The first kappa shape index (κ1) is 10.8. The molecule has 1 heteroatoms. The molecule has 0 aromatic heterocycles. The molecule has 0 nitrogen and oxygen atoms in total. The van der Waals surface area contributed by atoms with E-state index in [1.807, 2.05) is 0 Å². The molecular formula is C15H19Br. The standard InChI is InChI=1S/C15H19Br/c16-10-9-11-7-8-13-4-1-3-12-5-2-6-14(11)15(12)13/h2,5-6,11,13H,1,3-4,7-10H2. The van der Waals surface area contributed by atoms with Crippen molar-refractivity contribution in [2.24, 2.45) is 0 Å². The van der Waals surface area contributed by atoms with E-state index in [0.717, 1.165) is 17.2 Å². The van der Waals surface area contributed by atoms with Gasteiger partial charge in [0.25, 0.3) is 0 Å². The maximum Gasteiger partial charge on any atom is 0.00371 e. The van der Waals surface area contributed by atoms with Crippen molar-refractivity contribution in [3.8, 4) is 0 Å². The molecule has 2 aliphatic rings. The first-order valence-corrected chi connectivity index (χ1v) is 7.70. The molecule has 0 amide bonds. The van der Waals surface area contributed by atoms with Crippen LogP contribution in [0.4, 0.5) is 0 Å². The topological polar surface area (TPSA) is 0 Å². The average molecular weight is 279 g/mol. The molecule has 0 radical (unpaired) electrons. The van der Waals surface area contributed by atoms with E-state index in [2.05, 4.69) is 34.1 Å². The molecule has 2 aliphatic carbocycles. The summed E-state index contributed by atoms with van der Waals surface area (Å²) in [5, 5.41) is 1.14. The first-order chi connectivity index (χ1) is 7.90. The van der Waals surface area contributed by atoms with Crippen LogP contribution in [-0.4, -0.2) is 5.33 Å². The van der Waals surface area contributed by atoms with Gasteiger partial charge in [0.1, 0.15) is 0 Å². The highest BCUT2D eigenvalue weighted by atomic mass is 79.9. The Labute approximate surface area is 107 Å². The third-order valence-electron chi connectivity index (χ3n) is 4.40. The van der Waals surface area contributed by atoms with E-state index >= 15 is 0 Å². The second-order valence-corrected chi connectivity index (χ2v) is 6.05. The van der Waals surface area contributed by atoms with Gasteiger partial charge in [-0.15, -0.1) is 0 Å². The van der Waals surface area contributed by atoms with Gasteiger partial charge in [-0.05, 0) is 67.1 Å². The highest BCUT2D eigenvalue weighted by molar-refractivity contribution is 9.09. The average Bonchev–Trinajstić information content (AvgIpc) is 2.33. The molecule has 0 saturated carbocycles. The van der Waals surface area contributed by atoms with Crippen molar-refractivity contribution in [2.75, 3.05) is 5.33 Å². The second-order valence-electron chi connectivity index (χ2n) is 5.26. The van der Waals surface area contributed by atoms with E-state index in [9.17, 15) is 0 Å². The molecule has 16 heavy (non-hydrogen) atoms. The van der Waals surface area contributed by atoms with Gasteiger partial charge in [-0.1, -0.05) is 34.1 Å². The van der Waals surface area contributed by atoms with Crippen LogP contribution in [0, 0.1) is 0 Å². The van der Waals surface area contributed by atoms with Crippen LogP contribution >= 0.6 is 15.9 Å². The minimum Gasteiger partial charge on any atom is -0.0928 e. The van der Waals surface area contributed by atoms with Crippen LogP contribution < -0.4 is 0 Å². The van der Waals surface area contributed by atoms with E-state index < -0.39 is 0 Å². The number of hydrogen-bond donors (Lipinski definition) is 0. The highest BCUT2D eigenvalue weighted by Crippen LogP contribution is 2.46. The van der Waals surface area contributed by atoms with E-state index in [-0.39, 0.29) is 0 Å². The maximum atomic E-state index is 3.60. The lowest BCUT2D eigenvalue weighted by Gasteiger charge is -2.36. The molecule has 0 spiro atoms. The minimum atomic E-state index is 0.823. The number of hydrogen-bond acceptors (Lipinski definition) is 0. The number of benzene rings is 1. The number of alkyl halides is 1. The Bertz CT molecular complexity index is 383. The number of halogens is 1. The molecule has 2 unspecified atom stereocenters. The molecule has 1 aromatic rings. The SMILES string of the molecule is BrCCC1CCC2CCCc3cccc1c32. The van der Waals surface area contributed by atoms with Gasteiger partial charge in [0, 0.05) is 5.33 Å². The van der Waals surface area contributed by atoms with Gasteiger partial charge in [0.05, 0.1) is 0 Å². The van der Waals surface area contributed by atoms with Crippen LogP contribution in [0.1, 0.15) is 60.6 Å². The fourth-order valence-electron chi connectivity index (χ4n) is 3.67. The lowest BCUT2D eigenvalue weighted by molar-refractivity contribution is 0.430.